The van der Waals surface area contributed by atoms with Crippen molar-refractivity contribution in [3.05, 3.63) is 65.5 Å². The molecule has 7 heteroatoms. The van der Waals surface area contributed by atoms with E-state index in [1.165, 1.54) is 12.1 Å². The van der Waals surface area contributed by atoms with Crippen molar-refractivity contribution in [1.29, 1.82) is 5.26 Å². The summed E-state index contributed by atoms with van der Waals surface area (Å²) >= 11 is 0. The molecule has 0 aromatic heterocycles. The number of β-amino-alcohol motifs (C(OH)–C–C–N with tert-alkyl or cyclic N) is 1. The number of benzene rings is 2. The van der Waals surface area contributed by atoms with Crippen molar-refractivity contribution >= 4 is 11.7 Å². The average Bonchev–Trinajstić information content (AvgIpc) is 2.80. The lowest BCUT2D eigenvalue weighted by Crippen LogP contribution is -2.50. The van der Waals surface area contributed by atoms with E-state index in [4.69, 9.17) is 5.26 Å². The largest absolute Gasteiger partial charge is 0.390 e. The van der Waals surface area contributed by atoms with Gasteiger partial charge in [0.15, 0.2) is 0 Å². The Bertz CT molecular complexity index is 920. The van der Waals surface area contributed by atoms with Gasteiger partial charge in [0.2, 0.25) is 0 Å². The third-order valence-electron chi connectivity index (χ3n) is 6.06. The molecule has 0 saturated carbocycles. The van der Waals surface area contributed by atoms with Crippen molar-refractivity contribution in [1.82, 2.24) is 10.2 Å². The Balaban J connectivity index is 1.43. The number of nitrogens with one attached hydrogen (secondary N) is 2. The fourth-order valence-corrected chi connectivity index (χ4v) is 4.19. The minimum absolute atomic E-state index is 0.207. The van der Waals surface area contributed by atoms with Gasteiger partial charge in [-0.15, -0.1) is 0 Å². The first-order valence-corrected chi connectivity index (χ1v) is 11.2. The van der Waals surface area contributed by atoms with Crippen LogP contribution in [0.5, 0.6) is 0 Å². The Hall–Kier alpha value is -2.95. The third kappa shape index (κ3) is 7.04. The molecule has 1 aliphatic heterocycles. The zero-order valence-electron chi connectivity index (χ0n) is 18.4. The molecule has 0 radical (unpaired) electrons. The Morgan fingerprint density at radius 1 is 1.25 bits per heavy atom. The summed E-state index contributed by atoms with van der Waals surface area (Å²) in [6.07, 6.45) is 2.94. The molecule has 0 aliphatic carbocycles. The highest BCUT2D eigenvalue weighted by Gasteiger charge is 2.25. The van der Waals surface area contributed by atoms with E-state index in [-0.39, 0.29) is 11.9 Å². The van der Waals surface area contributed by atoms with E-state index >= 15 is 0 Å². The summed E-state index contributed by atoms with van der Waals surface area (Å²) in [6, 6.07) is 14.7. The number of halogens is 1. The van der Waals surface area contributed by atoms with Crippen LogP contribution in [0.2, 0.25) is 0 Å². The number of nitriles is 1. The molecular weight excluding hydrogens is 407 g/mol. The second-order valence-corrected chi connectivity index (χ2v) is 8.45. The van der Waals surface area contributed by atoms with Crippen molar-refractivity contribution in [2.24, 2.45) is 5.92 Å². The highest BCUT2D eigenvalue weighted by atomic mass is 19.1. The molecule has 0 unspecified atom stereocenters. The van der Waals surface area contributed by atoms with Crippen LogP contribution in [0.1, 0.15) is 37.3 Å². The Kier molecular flexibility index (Phi) is 8.60. The number of urea groups is 1. The number of nitrogens with zero attached hydrogens (tertiary/aromatic N) is 2. The summed E-state index contributed by atoms with van der Waals surface area (Å²) in [5.41, 5.74) is 2.17. The van der Waals surface area contributed by atoms with E-state index in [9.17, 15) is 14.3 Å². The second kappa shape index (κ2) is 11.6. The number of carbonyl (C=O) groups is 1. The molecule has 2 aromatic rings. The van der Waals surface area contributed by atoms with E-state index in [0.717, 1.165) is 37.9 Å². The fraction of sp³-hybridized carbons (Fsp3) is 0.440. The number of aliphatic hydroxyl groups is 1. The topological polar surface area (TPSA) is 88.4 Å². The predicted octanol–water partition coefficient (Wildman–Crippen LogP) is 3.91. The molecule has 170 valence electrons. The number of likely N-dealkylation sites (tertiary alicyclic amines) is 1. The highest BCUT2D eigenvalue weighted by Crippen LogP contribution is 2.22. The van der Waals surface area contributed by atoms with Crippen LogP contribution in [0.3, 0.4) is 0 Å². The fourth-order valence-electron chi connectivity index (χ4n) is 4.19. The number of hydrogen-bond donors (Lipinski definition) is 3. The van der Waals surface area contributed by atoms with Crippen molar-refractivity contribution in [3.8, 4) is 6.07 Å². The minimum Gasteiger partial charge on any atom is -0.390 e. The standard InChI is InChI=1S/C25H31FN4O2/c1-2-23(29-25(32)28-22-5-3-4-20(15-22)16-27)24(31)17-30-12-10-19(11-13-30)14-18-6-8-21(26)9-7-18/h3-9,15,19,23-24,31H,2,10-14,17H2,1H3,(H2,28,29,32)/t23-,24-/m1/s1. The van der Waals surface area contributed by atoms with Gasteiger partial charge in [-0.2, -0.15) is 5.26 Å². The number of amides is 2. The smallest absolute Gasteiger partial charge is 0.319 e. The van der Waals surface area contributed by atoms with Crippen LogP contribution in [-0.2, 0) is 6.42 Å². The van der Waals surface area contributed by atoms with E-state index in [0.29, 0.717) is 30.1 Å². The number of anilines is 1. The third-order valence-corrected chi connectivity index (χ3v) is 6.06. The lowest BCUT2D eigenvalue weighted by atomic mass is 9.90. The molecule has 1 saturated heterocycles. The molecule has 0 bridgehead atoms. The van der Waals surface area contributed by atoms with E-state index < -0.39 is 12.1 Å². The summed E-state index contributed by atoms with van der Waals surface area (Å²) in [5.74, 6) is 0.352. The average molecular weight is 439 g/mol. The molecule has 2 atom stereocenters. The Morgan fingerprint density at radius 3 is 2.62 bits per heavy atom. The predicted molar refractivity (Wildman–Crippen MR) is 123 cm³/mol. The summed E-state index contributed by atoms with van der Waals surface area (Å²) < 4.78 is 13.1. The highest BCUT2D eigenvalue weighted by molar-refractivity contribution is 5.89. The molecule has 1 heterocycles. The van der Waals surface area contributed by atoms with E-state index in [1.54, 1.807) is 24.3 Å². The summed E-state index contributed by atoms with van der Waals surface area (Å²) in [4.78, 5) is 14.6. The summed E-state index contributed by atoms with van der Waals surface area (Å²) in [6.45, 7) is 4.23. The Morgan fingerprint density at radius 2 is 1.97 bits per heavy atom. The van der Waals surface area contributed by atoms with Gasteiger partial charge in [-0.05, 0) is 80.6 Å². The molecule has 3 rings (SSSR count). The van der Waals surface area contributed by atoms with Crippen molar-refractivity contribution in [2.75, 3.05) is 25.0 Å². The number of piperidine rings is 1. The van der Waals surface area contributed by atoms with Gasteiger partial charge < -0.3 is 20.6 Å². The first kappa shape index (κ1) is 23.7. The van der Waals surface area contributed by atoms with Crippen molar-refractivity contribution < 1.29 is 14.3 Å². The van der Waals surface area contributed by atoms with Crippen LogP contribution in [0.4, 0.5) is 14.9 Å². The molecule has 1 aliphatic rings. The van der Waals surface area contributed by atoms with Gasteiger partial charge in [-0.25, -0.2) is 9.18 Å². The van der Waals surface area contributed by atoms with Crippen molar-refractivity contribution in [3.63, 3.8) is 0 Å². The van der Waals surface area contributed by atoms with E-state index in [2.05, 4.69) is 15.5 Å². The Labute approximate surface area is 189 Å². The molecule has 1 fully saturated rings. The molecule has 6 nitrogen and oxygen atoms in total. The maximum atomic E-state index is 13.1. The quantitative estimate of drug-likeness (QED) is 0.583. The zero-order chi connectivity index (χ0) is 22.9. The summed E-state index contributed by atoms with van der Waals surface area (Å²) in [7, 11) is 0. The van der Waals surface area contributed by atoms with Crippen LogP contribution in [0, 0.1) is 23.1 Å². The SMILES string of the molecule is CC[C@@H](NC(=O)Nc1cccc(C#N)c1)[C@H](O)CN1CCC(Cc2ccc(F)cc2)CC1. The second-order valence-electron chi connectivity index (χ2n) is 8.45. The number of aliphatic hydroxyl groups excluding tert-OH is 1. The maximum Gasteiger partial charge on any atom is 0.319 e. The number of hydrogen-bond acceptors (Lipinski definition) is 4. The van der Waals surface area contributed by atoms with Crippen LogP contribution in [-0.4, -0.2) is 47.8 Å². The van der Waals surface area contributed by atoms with Crippen LogP contribution >= 0.6 is 0 Å². The first-order chi connectivity index (χ1) is 15.5. The van der Waals surface area contributed by atoms with Crippen molar-refractivity contribution in [2.45, 2.75) is 44.8 Å². The van der Waals surface area contributed by atoms with E-state index in [1.807, 2.05) is 25.1 Å². The van der Waals surface area contributed by atoms with Gasteiger partial charge in [-0.1, -0.05) is 25.1 Å². The zero-order valence-corrected chi connectivity index (χ0v) is 18.4. The maximum absolute atomic E-state index is 13.1. The lowest BCUT2D eigenvalue weighted by Gasteiger charge is -2.35. The normalized spacial score (nSPS) is 16.7. The number of carbonyl (C=O) groups excluding carboxylic acids is 1. The van der Waals surface area contributed by atoms with Gasteiger partial charge in [0, 0.05) is 12.2 Å². The number of rotatable bonds is 8. The first-order valence-electron chi connectivity index (χ1n) is 11.2. The molecule has 0 spiro atoms. The molecule has 2 amide bonds. The molecule has 32 heavy (non-hydrogen) atoms. The monoisotopic (exact) mass is 438 g/mol. The summed E-state index contributed by atoms with van der Waals surface area (Å²) in [5, 5.41) is 25.3. The van der Waals surface area contributed by atoms with Gasteiger partial charge in [0.05, 0.1) is 23.8 Å². The molecule has 3 N–H and O–H groups in total. The van der Waals surface area contributed by atoms with Gasteiger partial charge in [0.1, 0.15) is 5.82 Å². The van der Waals surface area contributed by atoms with Gasteiger partial charge in [-0.3, -0.25) is 0 Å². The molecule has 2 aromatic carbocycles. The van der Waals surface area contributed by atoms with Crippen LogP contribution in [0.15, 0.2) is 48.5 Å². The van der Waals surface area contributed by atoms with Gasteiger partial charge >= 0.3 is 6.03 Å². The minimum atomic E-state index is -0.676. The lowest BCUT2D eigenvalue weighted by molar-refractivity contribution is 0.0649. The van der Waals surface area contributed by atoms with Gasteiger partial charge in [0.25, 0.3) is 0 Å². The van der Waals surface area contributed by atoms with Crippen LogP contribution in [0.25, 0.3) is 0 Å². The molecular formula is C25H31FN4O2. The van der Waals surface area contributed by atoms with Crippen LogP contribution < -0.4 is 10.6 Å².